The van der Waals surface area contributed by atoms with Gasteiger partial charge in [0.25, 0.3) is 0 Å². The SMILES string of the molecule is CC(C)CNc1cnnc(Nc2c(C(C)C)cccc2C(C)C)n1. The lowest BCUT2D eigenvalue weighted by Gasteiger charge is -2.20. The van der Waals surface area contributed by atoms with Gasteiger partial charge in [-0.15, -0.1) is 5.10 Å². The Hall–Kier alpha value is -2.17. The van der Waals surface area contributed by atoms with Gasteiger partial charge in [-0.1, -0.05) is 59.7 Å². The Morgan fingerprint density at radius 2 is 1.58 bits per heavy atom. The van der Waals surface area contributed by atoms with Gasteiger partial charge in [0.05, 0.1) is 6.20 Å². The van der Waals surface area contributed by atoms with E-state index in [2.05, 4.69) is 85.6 Å². The maximum absolute atomic E-state index is 4.55. The van der Waals surface area contributed by atoms with Crippen molar-refractivity contribution >= 4 is 17.5 Å². The van der Waals surface area contributed by atoms with Gasteiger partial charge in [-0.25, -0.2) is 0 Å². The summed E-state index contributed by atoms with van der Waals surface area (Å²) in [5, 5.41) is 14.9. The van der Waals surface area contributed by atoms with Crippen molar-refractivity contribution in [3.8, 4) is 0 Å². The first-order chi connectivity index (χ1) is 11.4. The summed E-state index contributed by atoms with van der Waals surface area (Å²) in [5.41, 5.74) is 3.64. The highest BCUT2D eigenvalue weighted by atomic mass is 15.3. The molecule has 5 nitrogen and oxygen atoms in total. The fraction of sp³-hybridized carbons (Fsp3) is 0.526. The number of aromatic nitrogens is 3. The molecule has 24 heavy (non-hydrogen) atoms. The molecule has 2 aromatic rings. The molecule has 1 heterocycles. The summed E-state index contributed by atoms with van der Waals surface area (Å²) in [6.45, 7) is 14.0. The molecule has 0 saturated carbocycles. The predicted octanol–water partition coefficient (Wildman–Crippen LogP) is 4.93. The minimum Gasteiger partial charge on any atom is -0.368 e. The molecule has 0 bridgehead atoms. The van der Waals surface area contributed by atoms with Crippen LogP contribution in [-0.4, -0.2) is 21.7 Å². The first kappa shape index (κ1) is 18.2. The van der Waals surface area contributed by atoms with E-state index in [1.165, 1.54) is 11.1 Å². The summed E-state index contributed by atoms with van der Waals surface area (Å²) in [6, 6.07) is 6.44. The summed E-state index contributed by atoms with van der Waals surface area (Å²) in [5.74, 6) is 2.65. The van der Waals surface area contributed by atoms with E-state index in [1.54, 1.807) is 6.20 Å². The molecule has 130 valence electrons. The molecule has 0 saturated heterocycles. The first-order valence-corrected chi connectivity index (χ1v) is 8.71. The van der Waals surface area contributed by atoms with Crippen LogP contribution in [0, 0.1) is 5.92 Å². The molecule has 0 radical (unpaired) electrons. The fourth-order valence-corrected chi connectivity index (χ4v) is 2.56. The van der Waals surface area contributed by atoms with E-state index < -0.39 is 0 Å². The van der Waals surface area contributed by atoms with Gasteiger partial charge in [-0.05, 0) is 28.9 Å². The van der Waals surface area contributed by atoms with Crippen LogP contribution in [0.3, 0.4) is 0 Å². The Bertz CT molecular complexity index is 638. The van der Waals surface area contributed by atoms with Crippen molar-refractivity contribution in [2.24, 2.45) is 5.92 Å². The van der Waals surface area contributed by atoms with E-state index in [-0.39, 0.29) is 0 Å². The van der Waals surface area contributed by atoms with Crippen molar-refractivity contribution < 1.29 is 0 Å². The summed E-state index contributed by atoms with van der Waals surface area (Å²) in [6.07, 6.45) is 1.66. The van der Waals surface area contributed by atoms with Gasteiger partial charge in [0.15, 0.2) is 5.82 Å². The zero-order valence-corrected chi connectivity index (χ0v) is 15.6. The van der Waals surface area contributed by atoms with Gasteiger partial charge in [-0.3, -0.25) is 0 Å². The summed E-state index contributed by atoms with van der Waals surface area (Å²) in [7, 11) is 0. The molecule has 2 N–H and O–H groups in total. The van der Waals surface area contributed by atoms with Crippen LogP contribution in [0.2, 0.25) is 0 Å². The molecule has 0 spiro atoms. The van der Waals surface area contributed by atoms with Gasteiger partial charge in [-0.2, -0.15) is 10.1 Å². The molecule has 5 heteroatoms. The van der Waals surface area contributed by atoms with E-state index in [4.69, 9.17) is 0 Å². The lowest BCUT2D eigenvalue weighted by molar-refractivity contribution is 0.686. The maximum atomic E-state index is 4.55. The zero-order valence-electron chi connectivity index (χ0n) is 15.6. The molecular weight excluding hydrogens is 298 g/mol. The monoisotopic (exact) mass is 327 g/mol. The van der Waals surface area contributed by atoms with Gasteiger partial charge in [0.1, 0.15) is 0 Å². The minimum atomic E-state index is 0.418. The second kappa shape index (κ2) is 8.08. The van der Waals surface area contributed by atoms with Crippen LogP contribution in [0.5, 0.6) is 0 Å². The van der Waals surface area contributed by atoms with Crippen molar-refractivity contribution in [2.45, 2.75) is 53.4 Å². The Morgan fingerprint density at radius 3 is 2.12 bits per heavy atom. The van der Waals surface area contributed by atoms with E-state index >= 15 is 0 Å². The summed E-state index contributed by atoms with van der Waals surface area (Å²) in [4.78, 5) is 4.55. The van der Waals surface area contributed by atoms with Crippen LogP contribution in [0.15, 0.2) is 24.4 Å². The van der Waals surface area contributed by atoms with Crippen molar-refractivity contribution in [1.82, 2.24) is 15.2 Å². The van der Waals surface area contributed by atoms with Crippen LogP contribution < -0.4 is 10.6 Å². The highest BCUT2D eigenvalue weighted by Crippen LogP contribution is 2.33. The van der Waals surface area contributed by atoms with Gasteiger partial charge in [0.2, 0.25) is 5.95 Å². The summed E-state index contributed by atoms with van der Waals surface area (Å²) >= 11 is 0. The lowest BCUT2D eigenvalue weighted by atomic mass is 9.93. The van der Waals surface area contributed by atoms with Crippen LogP contribution >= 0.6 is 0 Å². The van der Waals surface area contributed by atoms with Crippen LogP contribution in [-0.2, 0) is 0 Å². The molecule has 0 fully saturated rings. The predicted molar refractivity (Wildman–Crippen MR) is 101 cm³/mol. The number of nitrogens with zero attached hydrogens (tertiary/aromatic N) is 3. The number of anilines is 3. The maximum Gasteiger partial charge on any atom is 0.249 e. The number of hydrogen-bond acceptors (Lipinski definition) is 5. The molecule has 2 rings (SSSR count). The topological polar surface area (TPSA) is 62.7 Å². The largest absolute Gasteiger partial charge is 0.368 e. The molecule has 1 aromatic carbocycles. The minimum absolute atomic E-state index is 0.418. The zero-order chi connectivity index (χ0) is 17.7. The molecular formula is C19H29N5. The average Bonchev–Trinajstić information content (AvgIpc) is 2.53. The molecule has 0 aliphatic rings. The quantitative estimate of drug-likeness (QED) is 0.755. The third-order valence-electron chi connectivity index (χ3n) is 3.86. The third kappa shape index (κ3) is 4.66. The van der Waals surface area contributed by atoms with E-state index in [0.717, 1.165) is 18.1 Å². The fourth-order valence-electron chi connectivity index (χ4n) is 2.56. The Labute approximate surface area is 145 Å². The second-order valence-electron chi connectivity index (χ2n) is 7.19. The lowest BCUT2D eigenvalue weighted by Crippen LogP contribution is -2.12. The molecule has 1 aromatic heterocycles. The number of para-hydroxylation sites is 1. The van der Waals surface area contributed by atoms with E-state index in [1.807, 2.05) is 0 Å². The average molecular weight is 327 g/mol. The molecule has 0 aliphatic heterocycles. The molecule has 0 aliphatic carbocycles. The van der Waals surface area contributed by atoms with Gasteiger partial charge >= 0.3 is 0 Å². The van der Waals surface area contributed by atoms with E-state index in [0.29, 0.717) is 23.7 Å². The highest BCUT2D eigenvalue weighted by Gasteiger charge is 2.15. The smallest absolute Gasteiger partial charge is 0.249 e. The second-order valence-corrected chi connectivity index (χ2v) is 7.19. The van der Waals surface area contributed by atoms with Crippen LogP contribution in [0.1, 0.15) is 64.5 Å². The van der Waals surface area contributed by atoms with Gasteiger partial charge in [0, 0.05) is 12.2 Å². The Balaban J connectivity index is 2.32. The summed E-state index contributed by atoms with van der Waals surface area (Å²) < 4.78 is 0. The third-order valence-corrected chi connectivity index (χ3v) is 3.86. The molecule has 0 atom stereocenters. The number of nitrogens with one attached hydrogen (secondary N) is 2. The van der Waals surface area contributed by atoms with E-state index in [9.17, 15) is 0 Å². The standard InChI is InChI=1S/C19H29N5/c1-12(2)10-20-17-11-21-24-19(22-17)23-18-15(13(3)4)8-7-9-16(18)14(5)6/h7-9,11-14H,10H2,1-6H3,(H2,20,22,23,24). The van der Waals surface area contributed by atoms with Crippen molar-refractivity contribution in [2.75, 3.05) is 17.2 Å². The van der Waals surface area contributed by atoms with Gasteiger partial charge < -0.3 is 10.6 Å². The number of benzene rings is 1. The van der Waals surface area contributed by atoms with Crippen molar-refractivity contribution in [3.63, 3.8) is 0 Å². The number of hydrogen-bond donors (Lipinski definition) is 2. The van der Waals surface area contributed by atoms with Crippen molar-refractivity contribution in [3.05, 3.63) is 35.5 Å². The first-order valence-electron chi connectivity index (χ1n) is 8.71. The Kier molecular flexibility index (Phi) is 6.12. The molecule has 0 unspecified atom stereocenters. The van der Waals surface area contributed by atoms with Crippen LogP contribution in [0.25, 0.3) is 0 Å². The highest BCUT2D eigenvalue weighted by molar-refractivity contribution is 5.65. The van der Waals surface area contributed by atoms with Crippen molar-refractivity contribution in [1.29, 1.82) is 0 Å². The normalized spacial score (nSPS) is 11.4. The van der Waals surface area contributed by atoms with Crippen LogP contribution in [0.4, 0.5) is 17.5 Å². The Morgan fingerprint density at radius 1 is 0.958 bits per heavy atom. The number of rotatable bonds is 7. The molecule has 0 amide bonds.